The second-order valence-corrected chi connectivity index (χ2v) is 6.67. The van der Waals surface area contributed by atoms with Crippen LogP contribution in [0.15, 0.2) is 46.2 Å². The summed E-state index contributed by atoms with van der Waals surface area (Å²) in [5, 5.41) is 11.3. The molecule has 148 valence electrons. The van der Waals surface area contributed by atoms with E-state index in [9.17, 15) is 4.79 Å². The number of nitrogen functional groups attached to an aromatic ring is 1. The fraction of sp³-hybridized carbons (Fsp3) is 0.278. The molecule has 1 amide bonds. The predicted molar refractivity (Wildman–Crippen MR) is 105 cm³/mol. The van der Waals surface area contributed by atoms with Crippen molar-refractivity contribution in [2.24, 2.45) is 0 Å². The zero-order valence-corrected chi connectivity index (χ0v) is 16.4. The van der Waals surface area contributed by atoms with Gasteiger partial charge in [0, 0.05) is 6.54 Å². The van der Waals surface area contributed by atoms with Crippen LogP contribution in [0.4, 0.5) is 0 Å². The quantitative estimate of drug-likeness (QED) is 0.410. The normalized spacial score (nSPS) is 10.6. The van der Waals surface area contributed by atoms with Crippen LogP contribution < -0.4 is 20.6 Å². The van der Waals surface area contributed by atoms with E-state index in [4.69, 9.17) is 19.7 Å². The maximum absolute atomic E-state index is 12.1. The number of nitrogens with one attached hydrogen (secondary N) is 1. The van der Waals surface area contributed by atoms with Gasteiger partial charge < -0.3 is 25.1 Å². The van der Waals surface area contributed by atoms with Crippen molar-refractivity contribution < 1.29 is 18.7 Å². The average molecular weight is 403 g/mol. The lowest BCUT2D eigenvalue weighted by Crippen LogP contribution is -2.27. The SMILES string of the molecule is COc1ccc(CCNC(=O)CSc2nnc(-c3ccco3)n2N)cc1OC. The molecular formula is C18H21N5O4S. The van der Waals surface area contributed by atoms with E-state index in [1.165, 1.54) is 22.7 Å². The molecule has 2 aromatic heterocycles. The zero-order chi connectivity index (χ0) is 19.9. The Morgan fingerprint density at radius 1 is 1.25 bits per heavy atom. The summed E-state index contributed by atoms with van der Waals surface area (Å²) in [5.74, 6) is 8.28. The number of aromatic nitrogens is 3. The first-order chi connectivity index (χ1) is 13.6. The van der Waals surface area contributed by atoms with Crippen LogP contribution in [-0.4, -0.2) is 47.3 Å². The Kier molecular flexibility index (Phi) is 6.43. The number of methoxy groups -OCH3 is 2. The van der Waals surface area contributed by atoms with Gasteiger partial charge in [0.05, 0.1) is 26.2 Å². The van der Waals surface area contributed by atoms with Gasteiger partial charge in [0.15, 0.2) is 17.3 Å². The number of furan rings is 1. The van der Waals surface area contributed by atoms with Crippen LogP contribution >= 0.6 is 11.8 Å². The number of hydrogen-bond acceptors (Lipinski definition) is 8. The molecule has 10 heteroatoms. The minimum Gasteiger partial charge on any atom is -0.493 e. The van der Waals surface area contributed by atoms with Crippen molar-refractivity contribution in [1.29, 1.82) is 0 Å². The smallest absolute Gasteiger partial charge is 0.230 e. The lowest BCUT2D eigenvalue weighted by molar-refractivity contribution is -0.118. The summed E-state index contributed by atoms with van der Waals surface area (Å²) in [6.45, 7) is 0.502. The molecule has 0 unspecified atom stereocenters. The molecule has 3 aromatic rings. The second-order valence-electron chi connectivity index (χ2n) is 5.73. The molecule has 0 spiro atoms. The Morgan fingerprint density at radius 2 is 2.07 bits per heavy atom. The van der Waals surface area contributed by atoms with Crippen LogP contribution in [0.5, 0.6) is 11.5 Å². The summed E-state index contributed by atoms with van der Waals surface area (Å²) >= 11 is 1.20. The number of carbonyl (C=O) groups is 1. The van der Waals surface area contributed by atoms with E-state index < -0.39 is 0 Å². The summed E-state index contributed by atoms with van der Waals surface area (Å²) in [6.07, 6.45) is 2.20. The third kappa shape index (κ3) is 4.58. The number of carbonyl (C=O) groups excluding carboxylic acids is 1. The molecule has 0 saturated carbocycles. The van der Waals surface area contributed by atoms with E-state index in [1.54, 1.807) is 26.4 Å². The standard InChI is InChI=1S/C18H21N5O4S/c1-25-13-6-5-12(10-15(13)26-2)7-8-20-16(24)11-28-18-22-21-17(23(18)19)14-4-3-9-27-14/h3-6,9-10H,7-8,11,19H2,1-2H3,(H,20,24). The van der Waals surface area contributed by atoms with Gasteiger partial charge >= 0.3 is 0 Å². The maximum atomic E-state index is 12.1. The minimum absolute atomic E-state index is 0.118. The highest BCUT2D eigenvalue weighted by molar-refractivity contribution is 7.99. The molecule has 0 radical (unpaired) electrons. The van der Waals surface area contributed by atoms with Gasteiger partial charge in [0.25, 0.3) is 0 Å². The highest BCUT2D eigenvalue weighted by Crippen LogP contribution is 2.27. The maximum Gasteiger partial charge on any atom is 0.230 e. The van der Waals surface area contributed by atoms with Gasteiger partial charge in [-0.3, -0.25) is 4.79 Å². The molecule has 2 heterocycles. The minimum atomic E-state index is -0.118. The fourth-order valence-electron chi connectivity index (χ4n) is 2.51. The van der Waals surface area contributed by atoms with Crippen molar-refractivity contribution in [2.75, 3.05) is 32.4 Å². The Hall–Kier alpha value is -3.14. The lowest BCUT2D eigenvalue weighted by atomic mass is 10.1. The molecule has 0 aliphatic heterocycles. The molecule has 0 bridgehead atoms. The van der Waals surface area contributed by atoms with Crippen molar-refractivity contribution in [3.05, 3.63) is 42.2 Å². The van der Waals surface area contributed by atoms with Gasteiger partial charge in [-0.1, -0.05) is 17.8 Å². The zero-order valence-electron chi connectivity index (χ0n) is 15.5. The van der Waals surface area contributed by atoms with Crippen LogP contribution in [0.1, 0.15) is 5.56 Å². The Labute approximate surface area is 166 Å². The number of amides is 1. The molecule has 0 atom stereocenters. The Bertz CT molecular complexity index is 926. The second kappa shape index (κ2) is 9.18. The van der Waals surface area contributed by atoms with Gasteiger partial charge in [-0.2, -0.15) is 0 Å². The van der Waals surface area contributed by atoms with Crippen molar-refractivity contribution in [2.45, 2.75) is 11.6 Å². The molecule has 9 nitrogen and oxygen atoms in total. The van der Waals surface area contributed by atoms with Gasteiger partial charge in [-0.05, 0) is 36.2 Å². The van der Waals surface area contributed by atoms with Gasteiger partial charge in [-0.15, -0.1) is 10.2 Å². The number of rotatable bonds is 9. The van der Waals surface area contributed by atoms with Crippen molar-refractivity contribution >= 4 is 17.7 Å². The van der Waals surface area contributed by atoms with Crippen molar-refractivity contribution in [3.63, 3.8) is 0 Å². The van der Waals surface area contributed by atoms with Crippen LogP contribution in [0.3, 0.4) is 0 Å². The van der Waals surface area contributed by atoms with Gasteiger partial charge in [0.2, 0.25) is 16.9 Å². The first kappa shape index (κ1) is 19.6. The molecule has 3 rings (SSSR count). The van der Waals surface area contributed by atoms with Crippen LogP contribution in [0.25, 0.3) is 11.6 Å². The van der Waals surface area contributed by atoms with E-state index in [0.717, 1.165) is 5.56 Å². The molecular weight excluding hydrogens is 382 g/mol. The van der Waals surface area contributed by atoms with Crippen molar-refractivity contribution in [3.8, 4) is 23.1 Å². The number of nitrogens with zero attached hydrogens (tertiary/aromatic N) is 3. The molecule has 1 aromatic carbocycles. The Balaban J connectivity index is 1.47. The van der Waals surface area contributed by atoms with Crippen molar-refractivity contribution in [1.82, 2.24) is 20.2 Å². The molecule has 28 heavy (non-hydrogen) atoms. The van der Waals surface area contributed by atoms with E-state index >= 15 is 0 Å². The van der Waals surface area contributed by atoms with Crippen LogP contribution in [0, 0.1) is 0 Å². The summed E-state index contributed by atoms with van der Waals surface area (Å²) in [4.78, 5) is 12.1. The molecule has 0 aliphatic rings. The highest BCUT2D eigenvalue weighted by Gasteiger charge is 2.15. The third-order valence-electron chi connectivity index (χ3n) is 3.92. The topological polar surface area (TPSA) is 117 Å². The van der Waals surface area contributed by atoms with E-state index in [1.807, 2.05) is 18.2 Å². The van der Waals surface area contributed by atoms with Crippen LogP contribution in [-0.2, 0) is 11.2 Å². The van der Waals surface area contributed by atoms with Crippen LogP contribution in [0.2, 0.25) is 0 Å². The predicted octanol–water partition coefficient (Wildman–Crippen LogP) is 1.72. The molecule has 0 saturated heterocycles. The highest BCUT2D eigenvalue weighted by atomic mass is 32.2. The number of thioether (sulfide) groups is 1. The Morgan fingerprint density at radius 3 is 2.79 bits per heavy atom. The summed E-state index contributed by atoms with van der Waals surface area (Å²) in [7, 11) is 3.18. The average Bonchev–Trinajstić information content (AvgIpc) is 3.36. The summed E-state index contributed by atoms with van der Waals surface area (Å²) < 4.78 is 17.1. The number of benzene rings is 1. The molecule has 3 N–H and O–H groups in total. The number of nitrogens with two attached hydrogens (primary N) is 1. The number of hydrogen-bond donors (Lipinski definition) is 2. The largest absolute Gasteiger partial charge is 0.493 e. The van der Waals surface area contributed by atoms with E-state index in [2.05, 4.69) is 15.5 Å². The summed E-state index contributed by atoms with van der Waals surface area (Å²) in [6, 6.07) is 9.16. The third-order valence-corrected chi connectivity index (χ3v) is 4.87. The lowest BCUT2D eigenvalue weighted by Gasteiger charge is -2.10. The molecule has 0 aliphatic carbocycles. The number of ether oxygens (including phenoxy) is 2. The van der Waals surface area contributed by atoms with Gasteiger partial charge in [0.1, 0.15) is 0 Å². The van der Waals surface area contributed by atoms with E-state index in [0.29, 0.717) is 41.2 Å². The monoisotopic (exact) mass is 403 g/mol. The fourth-order valence-corrected chi connectivity index (χ4v) is 3.20. The first-order valence-corrected chi connectivity index (χ1v) is 9.45. The summed E-state index contributed by atoms with van der Waals surface area (Å²) in [5.41, 5.74) is 1.04. The molecule has 0 fully saturated rings. The van der Waals surface area contributed by atoms with Gasteiger partial charge in [-0.25, -0.2) is 4.68 Å². The van der Waals surface area contributed by atoms with E-state index in [-0.39, 0.29) is 11.7 Å². The first-order valence-electron chi connectivity index (χ1n) is 8.47.